The van der Waals surface area contributed by atoms with Crippen molar-refractivity contribution in [1.29, 1.82) is 0 Å². The van der Waals surface area contributed by atoms with Gasteiger partial charge >= 0.3 is 0 Å². The van der Waals surface area contributed by atoms with Crippen LogP contribution in [0.2, 0.25) is 5.02 Å². The SMILES string of the molecule is O=C1CS[C@H](c2ccc(O)cc2)c2cnn(-c3ccc(Cl)cc3F)c2N1. The van der Waals surface area contributed by atoms with Gasteiger partial charge in [-0.05, 0) is 35.9 Å². The summed E-state index contributed by atoms with van der Waals surface area (Å²) in [6.07, 6.45) is 1.62. The van der Waals surface area contributed by atoms with Crippen molar-refractivity contribution in [2.75, 3.05) is 11.1 Å². The summed E-state index contributed by atoms with van der Waals surface area (Å²) in [5, 5.41) is 16.7. The van der Waals surface area contributed by atoms with Gasteiger partial charge < -0.3 is 10.4 Å². The van der Waals surface area contributed by atoms with Gasteiger partial charge in [0.1, 0.15) is 23.1 Å². The van der Waals surface area contributed by atoms with E-state index < -0.39 is 5.82 Å². The lowest BCUT2D eigenvalue weighted by Gasteiger charge is -2.14. The molecule has 1 atom stereocenters. The van der Waals surface area contributed by atoms with Crippen molar-refractivity contribution in [2.45, 2.75) is 5.25 Å². The van der Waals surface area contributed by atoms with E-state index in [1.165, 1.54) is 28.6 Å². The van der Waals surface area contributed by atoms with Crippen LogP contribution in [0.5, 0.6) is 5.75 Å². The molecule has 2 heterocycles. The predicted octanol–water partition coefficient (Wildman–Crippen LogP) is 4.15. The molecule has 26 heavy (non-hydrogen) atoms. The summed E-state index contributed by atoms with van der Waals surface area (Å²) in [6, 6.07) is 11.1. The highest BCUT2D eigenvalue weighted by Crippen LogP contribution is 2.42. The number of carbonyl (C=O) groups is 1. The summed E-state index contributed by atoms with van der Waals surface area (Å²) in [5.41, 5.74) is 1.88. The van der Waals surface area contributed by atoms with Crippen LogP contribution in [-0.4, -0.2) is 26.5 Å². The van der Waals surface area contributed by atoms with Crippen molar-refractivity contribution in [1.82, 2.24) is 9.78 Å². The Hall–Kier alpha value is -2.51. The Morgan fingerprint density at radius 1 is 1.27 bits per heavy atom. The Bertz CT molecular complexity index is 991. The summed E-state index contributed by atoms with van der Waals surface area (Å²) < 4.78 is 15.7. The lowest BCUT2D eigenvalue weighted by molar-refractivity contribution is -0.113. The monoisotopic (exact) mass is 389 g/mol. The van der Waals surface area contributed by atoms with E-state index in [1.807, 2.05) is 0 Å². The first-order chi connectivity index (χ1) is 12.5. The van der Waals surface area contributed by atoms with Crippen LogP contribution in [0, 0.1) is 5.82 Å². The molecule has 132 valence electrons. The summed E-state index contributed by atoms with van der Waals surface area (Å²) >= 11 is 7.27. The molecule has 1 amide bonds. The number of hydrogen-bond acceptors (Lipinski definition) is 4. The van der Waals surface area contributed by atoms with Crippen LogP contribution in [0.3, 0.4) is 0 Å². The van der Waals surface area contributed by atoms with Gasteiger partial charge in [-0.15, -0.1) is 11.8 Å². The minimum Gasteiger partial charge on any atom is -0.508 e. The predicted molar refractivity (Wildman–Crippen MR) is 99.6 cm³/mol. The summed E-state index contributed by atoms with van der Waals surface area (Å²) in [6.45, 7) is 0. The molecule has 0 unspecified atom stereocenters. The van der Waals surface area contributed by atoms with E-state index in [4.69, 9.17) is 11.6 Å². The maximum Gasteiger partial charge on any atom is 0.235 e. The highest BCUT2D eigenvalue weighted by Gasteiger charge is 2.28. The molecule has 3 aromatic rings. The molecule has 1 aliphatic rings. The van der Waals surface area contributed by atoms with Crippen LogP contribution in [-0.2, 0) is 4.79 Å². The fourth-order valence-corrected chi connectivity index (χ4v) is 4.11. The molecule has 1 aromatic heterocycles. The topological polar surface area (TPSA) is 67.1 Å². The van der Waals surface area contributed by atoms with Gasteiger partial charge in [-0.3, -0.25) is 4.79 Å². The number of fused-ring (bicyclic) bond motifs is 1. The Balaban J connectivity index is 1.84. The van der Waals surface area contributed by atoms with Gasteiger partial charge in [0.15, 0.2) is 0 Å². The first kappa shape index (κ1) is 16.9. The maximum atomic E-state index is 14.4. The molecule has 0 spiro atoms. The molecule has 0 aliphatic carbocycles. The van der Waals surface area contributed by atoms with Gasteiger partial charge in [0.05, 0.1) is 17.2 Å². The molecule has 0 fully saturated rings. The van der Waals surface area contributed by atoms with Crippen molar-refractivity contribution in [3.63, 3.8) is 0 Å². The van der Waals surface area contributed by atoms with Crippen LogP contribution in [0.15, 0.2) is 48.7 Å². The number of halogens is 2. The lowest BCUT2D eigenvalue weighted by atomic mass is 10.1. The van der Waals surface area contributed by atoms with Crippen molar-refractivity contribution in [3.8, 4) is 11.4 Å². The number of nitrogens with one attached hydrogen (secondary N) is 1. The van der Waals surface area contributed by atoms with E-state index in [0.29, 0.717) is 5.82 Å². The quantitative estimate of drug-likeness (QED) is 0.691. The zero-order valence-corrected chi connectivity index (χ0v) is 14.9. The van der Waals surface area contributed by atoms with Gasteiger partial charge in [0, 0.05) is 10.6 Å². The second-order valence-electron chi connectivity index (χ2n) is 5.79. The zero-order valence-electron chi connectivity index (χ0n) is 13.3. The number of amides is 1. The molecule has 0 saturated heterocycles. The smallest absolute Gasteiger partial charge is 0.235 e. The van der Waals surface area contributed by atoms with Gasteiger partial charge in [-0.1, -0.05) is 23.7 Å². The molecule has 8 heteroatoms. The van der Waals surface area contributed by atoms with Crippen molar-refractivity contribution in [2.24, 2.45) is 0 Å². The van der Waals surface area contributed by atoms with E-state index in [1.54, 1.807) is 36.5 Å². The molecule has 1 aliphatic heterocycles. The molecule has 5 nitrogen and oxygen atoms in total. The third-order valence-electron chi connectivity index (χ3n) is 4.05. The van der Waals surface area contributed by atoms with E-state index >= 15 is 0 Å². The molecule has 4 rings (SSSR count). The second-order valence-corrected chi connectivity index (χ2v) is 7.32. The number of hydrogen-bond donors (Lipinski definition) is 2. The Morgan fingerprint density at radius 3 is 2.77 bits per heavy atom. The van der Waals surface area contributed by atoms with Crippen LogP contribution < -0.4 is 5.32 Å². The van der Waals surface area contributed by atoms with Gasteiger partial charge in [0.2, 0.25) is 5.91 Å². The van der Waals surface area contributed by atoms with Gasteiger partial charge in [-0.25, -0.2) is 9.07 Å². The number of carbonyl (C=O) groups excluding carboxylic acids is 1. The Morgan fingerprint density at radius 2 is 2.04 bits per heavy atom. The van der Waals surface area contributed by atoms with Crippen LogP contribution in [0.25, 0.3) is 5.69 Å². The minimum atomic E-state index is -0.532. The van der Waals surface area contributed by atoms with Crippen LogP contribution in [0.4, 0.5) is 10.2 Å². The van der Waals surface area contributed by atoms with Gasteiger partial charge in [-0.2, -0.15) is 5.10 Å². The highest BCUT2D eigenvalue weighted by molar-refractivity contribution is 8.00. The number of phenols is 1. The number of benzene rings is 2. The Kier molecular flexibility index (Phi) is 4.34. The normalized spacial score (nSPS) is 16.7. The average molecular weight is 390 g/mol. The average Bonchev–Trinajstić information content (AvgIpc) is 2.92. The Labute approximate surface area is 157 Å². The molecular weight excluding hydrogens is 377 g/mol. The molecule has 2 N–H and O–H groups in total. The number of rotatable bonds is 2. The molecule has 0 saturated carbocycles. The maximum absolute atomic E-state index is 14.4. The lowest BCUT2D eigenvalue weighted by Crippen LogP contribution is -2.16. The summed E-state index contributed by atoms with van der Waals surface area (Å²) in [4.78, 5) is 12.2. The molecule has 0 bridgehead atoms. The van der Waals surface area contributed by atoms with Gasteiger partial charge in [0.25, 0.3) is 0 Å². The largest absolute Gasteiger partial charge is 0.508 e. The number of anilines is 1. The van der Waals surface area contributed by atoms with E-state index in [9.17, 15) is 14.3 Å². The van der Waals surface area contributed by atoms with Crippen molar-refractivity contribution in [3.05, 3.63) is 70.6 Å². The highest BCUT2D eigenvalue weighted by atomic mass is 35.5. The third kappa shape index (κ3) is 3.04. The molecule has 0 radical (unpaired) electrons. The first-order valence-electron chi connectivity index (χ1n) is 7.76. The first-order valence-corrected chi connectivity index (χ1v) is 9.19. The van der Waals surface area contributed by atoms with Crippen molar-refractivity contribution >= 4 is 35.1 Å². The van der Waals surface area contributed by atoms with Crippen LogP contribution >= 0.6 is 23.4 Å². The van der Waals surface area contributed by atoms with E-state index in [-0.39, 0.29) is 33.4 Å². The summed E-state index contributed by atoms with van der Waals surface area (Å²) in [5.74, 6) is 0.132. The standard InChI is InChI=1S/C18H13ClFN3O2S/c19-11-3-6-15(14(20)7-11)23-18-13(8-21-23)17(26-9-16(25)22-18)10-1-4-12(24)5-2-10/h1-8,17,24H,9H2,(H,22,25)/t17-/m1/s1. The number of aromatic hydroxyl groups is 1. The van der Waals surface area contributed by atoms with Crippen molar-refractivity contribution < 1.29 is 14.3 Å². The fraction of sp³-hybridized carbons (Fsp3) is 0.111. The number of thioether (sulfide) groups is 1. The molecule has 2 aromatic carbocycles. The minimum absolute atomic E-state index is 0.167. The zero-order chi connectivity index (χ0) is 18.3. The summed E-state index contributed by atoms with van der Waals surface area (Å²) in [7, 11) is 0. The number of nitrogens with zero attached hydrogens (tertiary/aromatic N) is 2. The fourth-order valence-electron chi connectivity index (χ4n) is 2.86. The van der Waals surface area contributed by atoms with Crippen LogP contribution in [0.1, 0.15) is 16.4 Å². The molecular formula is C18H13ClFN3O2S. The number of aromatic nitrogens is 2. The third-order valence-corrected chi connectivity index (χ3v) is 5.58. The van der Waals surface area contributed by atoms with E-state index in [0.717, 1.165) is 11.1 Å². The second kappa shape index (κ2) is 6.66. The van der Waals surface area contributed by atoms with E-state index in [2.05, 4.69) is 10.4 Å². The number of phenolic OH excluding ortho intramolecular Hbond substituents is 1.